The van der Waals surface area contributed by atoms with E-state index in [0.29, 0.717) is 22.3 Å². The maximum absolute atomic E-state index is 13.1. The van der Waals surface area contributed by atoms with Gasteiger partial charge in [-0.2, -0.15) is 0 Å². The Kier molecular flexibility index (Phi) is 9.25. The van der Waals surface area contributed by atoms with Crippen molar-refractivity contribution in [1.82, 2.24) is 10.6 Å². The van der Waals surface area contributed by atoms with Gasteiger partial charge in [0.25, 0.3) is 0 Å². The average Bonchev–Trinajstić information content (AvgIpc) is 3.09. The molecule has 0 amide bonds. The lowest BCUT2D eigenvalue weighted by Crippen LogP contribution is -2.43. The number of hydrogen-bond donors (Lipinski definition) is 2. The number of anilines is 2. The number of hydrogen-bond acceptors (Lipinski definition) is 7. The van der Waals surface area contributed by atoms with Crippen molar-refractivity contribution >= 4 is 28.7 Å². The normalized spacial score (nSPS) is 15.2. The van der Waals surface area contributed by atoms with E-state index in [2.05, 4.69) is 20.4 Å². The maximum atomic E-state index is 13.1. The van der Waals surface area contributed by atoms with Gasteiger partial charge in [-0.05, 0) is 59.7 Å². The summed E-state index contributed by atoms with van der Waals surface area (Å²) in [7, 11) is 0. The first-order chi connectivity index (χ1) is 21.5. The molecule has 44 heavy (non-hydrogen) atoms. The quantitative estimate of drug-likeness (QED) is 0.263. The van der Waals surface area contributed by atoms with Gasteiger partial charge in [0.1, 0.15) is 0 Å². The standard InChI is InChI=1S/C37H38N4O3/c42-35(29-9-13-33(14-10-29)40-21-17-38-18-22-40)25-27-1-5-31(6-2-27)37(44)32-7-3-28(4-8-32)26-36(43)30-11-15-34(16-12-30)41-23-19-39-20-24-41/h1-16,38-39H,17-26H2. The number of nitrogens with one attached hydrogen (secondary N) is 2. The lowest BCUT2D eigenvalue weighted by Gasteiger charge is -2.29. The van der Waals surface area contributed by atoms with Gasteiger partial charge in [0, 0.05) is 98.8 Å². The molecule has 0 unspecified atom stereocenters. The summed E-state index contributed by atoms with van der Waals surface area (Å²) in [6.45, 7) is 7.75. The molecule has 7 heteroatoms. The highest BCUT2D eigenvalue weighted by Crippen LogP contribution is 2.20. The molecule has 2 aliphatic heterocycles. The molecule has 4 aromatic carbocycles. The number of carbonyl (C=O) groups is 3. The van der Waals surface area contributed by atoms with Crippen molar-refractivity contribution in [3.63, 3.8) is 0 Å². The maximum Gasteiger partial charge on any atom is 0.193 e. The van der Waals surface area contributed by atoms with Crippen LogP contribution in [0.3, 0.4) is 0 Å². The molecule has 2 aliphatic rings. The number of nitrogens with zero attached hydrogens (tertiary/aromatic N) is 2. The summed E-state index contributed by atoms with van der Waals surface area (Å²) >= 11 is 0. The van der Waals surface area contributed by atoms with Crippen LogP contribution in [0, 0.1) is 0 Å². The van der Waals surface area contributed by atoms with E-state index in [4.69, 9.17) is 0 Å². The highest BCUT2D eigenvalue weighted by molar-refractivity contribution is 6.09. The van der Waals surface area contributed by atoms with Crippen LogP contribution in [-0.4, -0.2) is 69.7 Å². The second-order valence-electron chi connectivity index (χ2n) is 11.5. The van der Waals surface area contributed by atoms with Crippen LogP contribution in [0.2, 0.25) is 0 Å². The summed E-state index contributed by atoms with van der Waals surface area (Å²) in [5.74, 6) is 0.0147. The molecule has 224 valence electrons. The largest absolute Gasteiger partial charge is 0.369 e. The van der Waals surface area contributed by atoms with Crippen LogP contribution in [0.25, 0.3) is 0 Å². The van der Waals surface area contributed by atoms with Gasteiger partial charge in [-0.15, -0.1) is 0 Å². The number of carbonyl (C=O) groups excluding carboxylic acids is 3. The zero-order chi connectivity index (χ0) is 30.3. The molecule has 2 heterocycles. The molecule has 2 fully saturated rings. The van der Waals surface area contributed by atoms with Gasteiger partial charge < -0.3 is 20.4 Å². The summed E-state index contributed by atoms with van der Waals surface area (Å²) in [6, 6.07) is 30.2. The molecule has 2 N–H and O–H groups in total. The summed E-state index contributed by atoms with van der Waals surface area (Å²) < 4.78 is 0. The first kappa shape index (κ1) is 29.5. The summed E-state index contributed by atoms with van der Waals surface area (Å²) in [5, 5.41) is 6.71. The second kappa shape index (κ2) is 13.8. The van der Waals surface area contributed by atoms with Gasteiger partial charge in [0.05, 0.1) is 0 Å². The molecule has 0 bridgehead atoms. The fourth-order valence-corrected chi connectivity index (χ4v) is 5.85. The number of rotatable bonds is 10. The van der Waals surface area contributed by atoms with E-state index in [-0.39, 0.29) is 30.2 Å². The fraction of sp³-hybridized carbons (Fsp3) is 0.270. The fourth-order valence-electron chi connectivity index (χ4n) is 5.85. The number of benzene rings is 4. The topological polar surface area (TPSA) is 81.8 Å². The third kappa shape index (κ3) is 7.13. The number of ketones is 3. The minimum atomic E-state index is -0.0900. The van der Waals surface area contributed by atoms with Crippen molar-refractivity contribution < 1.29 is 14.4 Å². The SMILES string of the molecule is O=C(Cc1ccc(C(=O)c2ccc(CC(=O)c3ccc(N4CCNCC4)cc3)cc2)cc1)c1ccc(N2CCNCC2)cc1. The Hall–Kier alpha value is -4.59. The van der Waals surface area contributed by atoms with E-state index in [9.17, 15) is 14.4 Å². The highest BCUT2D eigenvalue weighted by Gasteiger charge is 2.15. The van der Waals surface area contributed by atoms with Crippen molar-refractivity contribution in [3.8, 4) is 0 Å². The van der Waals surface area contributed by atoms with E-state index < -0.39 is 0 Å². The van der Waals surface area contributed by atoms with Crippen molar-refractivity contribution in [1.29, 1.82) is 0 Å². The van der Waals surface area contributed by atoms with Crippen LogP contribution in [-0.2, 0) is 12.8 Å². The molecule has 4 aromatic rings. The molecule has 0 aromatic heterocycles. The Morgan fingerprint density at radius 1 is 0.455 bits per heavy atom. The van der Waals surface area contributed by atoms with Gasteiger partial charge in [0.2, 0.25) is 0 Å². The Morgan fingerprint density at radius 3 is 1.11 bits per heavy atom. The van der Waals surface area contributed by atoms with E-state index >= 15 is 0 Å². The van der Waals surface area contributed by atoms with Gasteiger partial charge in [-0.25, -0.2) is 0 Å². The van der Waals surface area contributed by atoms with Crippen LogP contribution < -0.4 is 20.4 Å². The van der Waals surface area contributed by atoms with Crippen molar-refractivity contribution in [2.24, 2.45) is 0 Å². The predicted octanol–water partition coefficient (Wildman–Crippen LogP) is 4.59. The lowest BCUT2D eigenvalue weighted by atomic mass is 9.97. The Bertz CT molecular complexity index is 1460. The Morgan fingerprint density at radius 2 is 0.773 bits per heavy atom. The number of piperazine rings is 2. The van der Waals surface area contributed by atoms with Gasteiger partial charge in [0.15, 0.2) is 17.3 Å². The third-order valence-corrected chi connectivity index (χ3v) is 8.50. The molecular formula is C37H38N4O3. The monoisotopic (exact) mass is 586 g/mol. The molecule has 0 saturated carbocycles. The van der Waals surface area contributed by atoms with E-state index in [1.54, 1.807) is 24.3 Å². The zero-order valence-corrected chi connectivity index (χ0v) is 24.9. The molecule has 0 atom stereocenters. The zero-order valence-electron chi connectivity index (χ0n) is 24.9. The molecule has 2 saturated heterocycles. The molecular weight excluding hydrogens is 548 g/mol. The second-order valence-corrected chi connectivity index (χ2v) is 11.5. The third-order valence-electron chi connectivity index (χ3n) is 8.50. The van der Waals surface area contributed by atoms with Crippen molar-refractivity contribution in [2.45, 2.75) is 12.8 Å². The van der Waals surface area contributed by atoms with Crippen LogP contribution in [0.15, 0.2) is 97.1 Å². The Balaban J connectivity index is 1.02. The van der Waals surface area contributed by atoms with Crippen molar-refractivity contribution in [3.05, 3.63) is 130 Å². The molecule has 0 aliphatic carbocycles. The van der Waals surface area contributed by atoms with Crippen LogP contribution in [0.5, 0.6) is 0 Å². The van der Waals surface area contributed by atoms with Crippen LogP contribution in [0.4, 0.5) is 11.4 Å². The van der Waals surface area contributed by atoms with E-state index in [0.717, 1.165) is 74.9 Å². The minimum Gasteiger partial charge on any atom is -0.369 e. The summed E-state index contributed by atoms with van der Waals surface area (Å²) in [4.78, 5) is 43.6. The first-order valence-corrected chi connectivity index (χ1v) is 15.4. The molecule has 7 nitrogen and oxygen atoms in total. The van der Waals surface area contributed by atoms with Crippen LogP contribution >= 0.6 is 0 Å². The number of Topliss-reactive ketones (excluding diaryl/α,β-unsaturated/α-hetero) is 2. The predicted molar refractivity (Wildman–Crippen MR) is 175 cm³/mol. The molecule has 6 rings (SSSR count). The Labute approximate surface area is 258 Å². The average molecular weight is 587 g/mol. The van der Waals surface area contributed by atoms with Gasteiger partial charge in [-0.3, -0.25) is 14.4 Å². The van der Waals surface area contributed by atoms with Gasteiger partial charge in [-0.1, -0.05) is 48.5 Å². The first-order valence-electron chi connectivity index (χ1n) is 15.4. The van der Waals surface area contributed by atoms with Crippen LogP contribution in [0.1, 0.15) is 47.8 Å². The molecule has 0 spiro atoms. The lowest BCUT2D eigenvalue weighted by molar-refractivity contribution is 0.0985. The van der Waals surface area contributed by atoms with Crippen molar-refractivity contribution in [2.75, 3.05) is 62.2 Å². The van der Waals surface area contributed by atoms with E-state index in [1.807, 2.05) is 72.8 Å². The minimum absolute atomic E-state index is 0.0524. The summed E-state index contributed by atoms with van der Waals surface area (Å²) in [6.07, 6.45) is 0.561. The summed E-state index contributed by atoms with van der Waals surface area (Å²) in [5.41, 5.74) is 6.53. The molecule has 0 radical (unpaired) electrons. The highest BCUT2D eigenvalue weighted by atomic mass is 16.1. The van der Waals surface area contributed by atoms with E-state index in [1.165, 1.54) is 0 Å². The smallest absolute Gasteiger partial charge is 0.193 e. The van der Waals surface area contributed by atoms with Gasteiger partial charge >= 0.3 is 0 Å².